The molecule has 2 saturated carbocycles. The number of amides is 1. The highest BCUT2D eigenvalue weighted by Crippen LogP contribution is 2.65. The number of aromatic nitrogens is 1. The number of thioether (sulfide) groups is 1. The molecule has 5 nitrogen and oxygen atoms in total. The number of nitrogens with one attached hydrogen (secondary N) is 1. The fourth-order valence-corrected chi connectivity index (χ4v) is 5.46. The average Bonchev–Trinajstić information content (AvgIpc) is 2.94. The van der Waals surface area contributed by atoms with E-state index in [2.05, 4.69) is 31.1 Å². The van der Waals surface area contributed by atoms with Crippen molar-refractivity contribution in [2.75, 3.05) is 12.4 Å². The van der Waals surface area contributed by atoms with Crippen molar-refractivity contribution in [1.29, 1.82) is 0 Å². The standard InChI is InChI=1S/C20H28N2O3S/c1-5-25-18(24)14-7-6-10-21-17(14)26-12-16(23)22-15-11-13-8-9-20(15,4)19(13,2)3/h6-7,10,13,15H,5,8-9,11-12H2,1-4H3,(H,22,23)/t13-,15+,20-/m1/s1. The Balaban J connectivity index is 1.60. The van der Waals surface area contributed by atoms with E-state index in [9.17, 15) is 9.59 Å². The highest BCUT2D eigenvalue weighted by molar-refractivity contribution is 8.00. The number of nitrogens with zero attached hydrogens (tertiary/aromatic N) is 1. The van der Waals surface area contributed by atoms with Gasteiger partial charge in [-0.05, 0) is 55.1 Å². The van der Waals surface area contributed by atoms with Gasteiger partial charge in [0.15, 0.2) is 0 Å². The van der Waals surface area contributed by atoms with Crippen LogP contribution in [-0.2, 0) is 9.53 Å². The Morgan fingerprint density at radius 3 is 2.77 bits per heavy atom. The van der Waals surface area contributed by atoms with Gasteiger partial charge in [0.1, 0.15) is 5.03 Å². The molecule has 2 bridgehead atoms. The fourth-order valence-electron chi connectivity index (χ4n) is 4.66. The predicted octanol–water partition coefficient (Wildman–Crippen LogP) is 3.68. The Kier molecular flexibility index (Phi) is 5.33. The number of fused-ring (bicyclic) bond motifs is 2. The molecule has 6 heteroatoms. The summed E-state index contributed by atoms with van der Waals surface area (Å²) in [6.07, 6.45) is 5.14. The predicted molar refractivity (Wildman–Crippen MR) is 102 cm³/mol. The number of rotatable bonds is 6. The van der Waals surface area contributed by atoms with Crippen molar-refractivity contribution in [3.05, 3.63) is 23.9 Å². The zero-order valence-corrected chi connectivity index (χ0v) is 16.8. The first-order valence-corrected chi connectivity index (χ1v) is 10.3. The first-order valence-electron chi connectivity index (χ1n) is 9.34. The smallest absolute Gasteiger partial charge is 0.340 e. The van der Waals surface area contributed by atoms with Crippen LogP contribution in [0.5, 0.6) is 0 Å². The van der Waals surface area contributed by atoms with Crippen LogP contribution >= 0.6 is 11.8 Å². The van der Waals surface area contributed by atoms with Gasteiger partial charge in [0.2, 0.25) is 5.91 Å². The lowest BCUT2D eigenvalue weighted by molar-refractivity contribution is -0.120. The number of ether oxygens (including phenoxy) is 1. The van der Waals surface area contributed by atoms with Crippen molar-refractivity contribution in [1.82, 2.24) is 10.3 Å². The molecule has 142 valence electrons. The highest BCUT2D eigenvalue weighted by Gasteiger charge is 2.61. The summed E-state index contributed by atoms with van der Waals surface area (Å²) in [7, 11) is 0. The van der Waals surface area contributed by atoms with Crippen LogP contribution in [0.1, 0.15) is 57.3 Å². The zero-order valence-electron chi connectivity index (χ0n) is 16.0. The second-order valence-corrected chi connectivity index (χ2v) is 9.06. The number of hydrogen-bond donors (Lipinski definition) is 1. The Hall–Kier alpha value is -1.56. The SMILES string of the molecule is CCOC(=O)c1cccnc1SCC(=O)N[C@H]1C[C@H]2CC[C@@]1(C)C2(C)C. The van der Waals surface area contributed by atoms with Crippen LogP contribution in [0.4, 0.5) is 0 Å². The fraction of sp³-hybridized carbons (Fsp3) is 0.650. The van der Waals surface area contributed by atoms with E-state index >= 15 is 0 Å². The third-order valence-electron chi connectivity index (χ3n) is 6.74. The quantitative estimate of drug-likeness (QED) is 0.606. The molecule has 26 heavy (non-hydrogen) atoms. The maximum Gasteiger partial charge on any atom is 0.340 e. The number of carbonyl (C=O) groups is 2. The third-order valence-corrected chi connectivity index (χ3v) is 7.74. The van der Waals surface area contributed by atoms with Gasteiger partial charge in [-0.25, -0.2) is 9.78 Å². The summed E-state index contributed by atoms with van der Waals surface area (Å²) in [6, 6.07) is 3.62. The van der Waals surface area contributed by atoms with Crippen LogP contribution in [0.15, 0.2) is 23.4 Å². The first-order chi connectivity index (χ1) is 12.3. The minimum atomic E-state index is -0.397. The average molecular weight is 377 g/mol. The second-order valence-electron chi connectivity index (χ2n) is 8.10. The molecule has 1 amide bonds. The van der Waals surface area contributed by atoms with Crippen LogP contribution < -0.4 is 5.32 Å². The summed E-state index contributed by atoms with van der Waals surface area (Å²) in [5, 5.41) is 3.79. The molecule has 0 spiro atoms. The molecule has 1 N–H and O–H groups in total. The van der Waals surface area contributed by atoms with Crippen LogP contribution in [0.25, 0.3) is 0 Å². The number of carbonyl (C=O) groups excluding carboxylic acids is 2. The summed E-state index contributed by atoms with van der Waals surface area (Å²) in [5.41, 5.74) is 0.857. The normalized spacial score (nSPS) is 28.8. The first kappa shape index (κ1) is 19.2. The zero-order chi connectivity index (χ0) is 18.9. The van der Waals surface area contributed by atoms with E-state index in [0.29, 0.717) is 23.1 Å². The monoisotopic (exact) mass is 376 g/mol. The van der Waals surface area contributed by atoms with Gasteiger partial charge in [0, 0.05) is 12.2 Å². The van der Waals surface area contributed by atoms with Gasteiger partial charge >= 0.3 is 5.97 Å². The van der Waals surface area contributed by atoms with Gasteiger partial charge in [-0.1, -0.05) is 32.5 Å². The molecule has 0 saturated heterocycles. The summed E-state index contributed by atoms with van der Waals surface area (Å²) >= 11 is 1.29. The van der Waals surface area contributed by atoms with E-state index in [1.54, 1.807) is 25.3 Å². The van der Waals surface area contributed by atoms with E-state index in [1.165, 1.54) is 24.6 Å². The molecular formula is C20H28N2O3S. The maximum absolute atomic E-state index is 12.5. The van der Waals surface area contributed by atoms with Crippen LogP contribution in [0, 0.1) is 16.7 Å². The minimum absolute atomic E-state index is 0.00466. The van der Waals surface area contributed by atoms with Gasteiger partial charge in [0.25, 0.3) is 0 Å². The molecule has 0 aliphatic heterocycles. The lowest BCUT2D eigenvalue weighted by Crippen LogP contribution is -2.47. The Morgan fingerprint density at radius 2 is 2.15 bits per heavy atom. The molecule has 3 atom stereocenters. The number of pyridine rings is 1. The largest absolute Gasteiger partial charge is 0.462 e. The van der Waals surface area contributed by atoms with E-state index in [1.807, 2.05) is 0 Å². The van der Waals surface area contributed by atoms with Crippen molar-refractivity contribution in [2.24, 2.45) is 16.7 Å². The Morgan fingerprint density at radius 1 is 1.38 bits per heavy atom. The molecule has 0 aromatic carbocycles. The molecule has 2 aliphatic rings. The highest BCUT2D eigenvalue weighted by atomic mass is 32.2. The molecule has 3 rings (SSSR count). The van der Waals surface area contributed by atoms with Crippen molar-refractivity contribution in [2.45, 2.75) is 58.0 Å². The molecule has 1 aromatic heterocycles. The number of esters is 1. The van der Waals surface area contributed by atoms with Gasteiger partial charge in [-0.2, -0.15) is 0 Å². The van der Waals surface area contributed by atoms with E-state index < -0.39 is 5.97 Å². The minimum Gasteiger partial charge on any atom is -0.462 e. The second kappa shape index (κ2) is 7.22. The number of hydrogen-bond acceptors (Lipinski definition) is 5. The van der Waals surface area contributed by atoms with E-state index in [-0.39, 0.29) is 28.5 Å². The summed E-state index contributed by atoms with van der Waals surface area (Å²) < 4.78 is 5.06. The molecule has 0 unspecified atom stereocenters. The molecular weight excluding hydrogens is 348 g/mol. The maximum atomic E-state index is 12.5. The van der Waals surface area contributed by atoms with Gasteiger partial charge in [0.05, 0.1) is 17.9 Å². The van der Waals surface area contributed by atoms with Crippen LogP contribution in [-0.4, -0.2) is 35.3 Å². The molecule has 1 aromatic rings. The molecule has 2 fully saturated rings. The van der Waals surface area contributed by atoms with Gasteiger partial charge in [-0.3, -0.25) is 4.79 Å². The Bertz CT molecular complexity index is 706. The van der Waals surface area contributed by atoms with E-state index in [4.69, 9.17) is 4.74 Å². The third kappa shape index (κ3) is 3.24. The summed E-state index contributed by atoms with van der Waals surface area (Å²) in [4.78, 5) is 28.8. The Labute approximate surface area is 159 Å². The molecule has 1 heterocycles. The topological polar surface area (TPSA) is 68.3 Å². The van der Waals surface area contributed by atoms with Crippen molar-refractivity contribution in [3.8, 4) is 0 Å². The molecule has 0 radical (unpaired) electrons. The summed E-state index contributed by atoms with van der Waals surface area (Å²) in [6.45, 7) is 9.08. The van der Waals surface area contributed by atoms with Crippen LogP contribution in [0.3, 0.4) is 0 Å². The summed E-state index contributed by atoms with van der Waals surface area (Å²) in [5.74, 6) is 0.550. The van der Waals surface area contributed by atoms with Gasteiger partial charge < -0.3 is 10.1 Å². The van der Waals surface area contributed by atoms with Crippen molar-refractivity contribution in [3.63, 3.8) is 0 Å². The van der Waals surface area contributed by atoms with Crippen molar-refractivity contribution < 1.29 is 14.3 Å². The van der Waals surface area contributed by atoms with Gasteiger partial charge in [-0.15, -0.1) is 0 Å². The van der Waals surface area contributed by atoms with Crippen molar-refractivity contribution >= 4 is 23.6 Å². The lowest BCUT2D eigenvalue weighted by Gasteiger charge is -2.39. The lowest BCUT2D eigenvalue weighted by atomic mass is 9.69. The van der Waals surface area contributed by atoms with E-state index in [0.717, 1.165) is 6.42 Å². The molecule has 2 aliphatic carbocycles. The van der Waals surface area contributed by atoms with Crippen LogP contribution in [0.2, 0.25) is 0 Å².